The Hall–Kier alpha value is -2.63. The van der Waals surface area contributed by atoms with Crippen LogP contribution in [0.15, 0.2) is 76.2 Å². The summed E-state index contributed by atoms with van der Waals surface area (Å²) in [4.78, 5) is 5.01. The van der Waals surface area contributed by atoms with Crippen molar-refractivity contribution in [3.05, 3.63) is 93.5 Å². The maximum absolute atomic E-state index is 10.5. The minimum atomic E-state index is -0.200. The molecule has 0 saturated carbocycles. The van der Waals surface area contributed by atoms with Gasteiger partial charge < -0.3 is 9.84 Å². The number of hydrogen-bond donors (Lipinski definition) is 2. The van der Waals surface area contributed by atoms with Crippen molar-refractivity contribution in [3.8, 4) is 11.5 Å². The molecule has 1 aliphatic heterocycles. The molecule has 4 rings (SSSR count). The Kier molecular flexibility index (Phi) is 5.69. The lowest BCUT2D eigenvalue weighted by molar-refractivity contribution is 0.410. The highest BCUT2D eigenvalue weighted by Crippen LogP contribution is 2.36. The minimum absolute atomic E-state index is 0.0718. The van der Waals surface area contributed by atoms with Crippen LogP contribution in [0.25, 0.3) is 0 Å². The second-order valence-corrected chi connectivity index (χ2v) is 8.16. The van der Waals surface area contributed by atoms with E-state index in [2.05, 4.69) is 58.5 Å². The molecule has 3 aromatic carbocycles. The number of aromatic hydroxyl groups is 1. The van der Waals surface area contributed by atoms with Crippen molar-refractivity contribution in [1.82, 2.24) is 5.32 Å². The zero-order valence-corrected chi connectivity index (χ0v) is 18.0. The number of methoxy groups -OCH3 is 1. The lowest BCUT2D eigenvalue weighted by Gasteiger charge is -2.31. The SMILES string of the molecule is COc1cccc(C2=N[C@H](c3ccc(C)cc3)N[C@H](c3cc(Br)ccc3O)C2)c1. The summed E-state index contributed by atoms with van der Waals surface area (Å²) in [6.45, 7) is 2.07. The van der Waals surface area contributed by atoms with Crippen LogP contribution < -0.4 is 10.1 Å². The summed E-state index contributed by atoms with van der Waals surface area (Å²) in [7, 11) is 1.67. The molecule has 0 unspecified atom stereocenters. The van der Waals surface area contributed by atoms with Crippen LogP contribution in [-0.4, -0.2) is 17.9 Å². The standard InChI is InChI=1S/C24H23BrN2O2/c1-15-6-8-16(9-7-15)24-26-21(17-4-3-5-19(12-17)29-2)14-22(27-24)20-13-18(25)10-11-23(20)28/h3-13,22,24,27-28H,14H2,1-2H3/t22-,24-/m0/s1. The first-order valence-electron chi connectivity index (χ1n) is 9.55. The fourth-order valence-electron chi connectivity index (χ4n) is 3.61. The quantitative estimate of drug-likeness (QED) is 0.536. The lowest BCUT2D eigenvalue weighted by atomic mass is 9.93. The third kappa shape index (κ3) is 4.36. The van der Waals surface area contributed by atoms with E-state index in [0.29, 0.717) is 6.42 Å². The van der Waals surface area contributed by atoms with Crippen LogP contribution in [-0.2, 0) is 0 Å². The predicted molar refractivity (Wildman–Crippen MR) is 120 cm³/mol. The second kappa shape index (κ2) is 8.39. The van der Waals surface area contributed by atoms with Crippen LogP contribution in [0.4, 0.5) is 0 Å². The first-order chi connectivity index (χ1) is 14.0. The van der Waals surface area contributed by atoms with Crippen molar-refractivity contribution in [2.45, 2.75) is 25.6 Å². The summed E-state index contributed by atoms with van der Waals surface area (Å²) in [5, 5.41) is 14.1. The van der Waals surface area contributed by atoms with Gasteiger partial charge in [-0.2, -0.15) is 0 Å². The molecule has 0 aromatic heterocycles. The maximum Gasteiger partial charge on any atom is 0.126 e. The van der Waals surface area contributed by atoms with Gasteiger partial charge in [-0.3, -0.25) is 10.3 Å². The van der Waals surface area contributed by atoms with Gasteiger partial charge in [0.05, 0.1) is 7.11 Å². The molecule has 0 aliphatic carbocycles. The molecule has 0 amide bonds. The van der Waals surface area contributed by atoms with E-state index in [-0.39, 0.29) is 18.0 Å². The topological polar surface area (TPSA) is 53.8 Å². The van der Waals surface area contributed by atoms with Crippen LogP contribution in [0.3, 0.4) is 0 Å². The maximum atomic E-state index is 10.5. The smallest absolute Gasteiger partial charge is 0.126 e. The van der Waals surface area contributed by atoms with E-state index >= 15 is 0 Å². The third-order valence-electron chi connectivity index (χ3n) is 5.20. The Balaban J connectivity index is 1.77. The molecule has 0 saturated heterocycles. The number of rotatable bonds is 4. The Morgan fingerprint density at radius 3 is 2.62 bits per heavy atom. The second-order valence-electron chi connectivity index (χ2n) is 7.25. The van der Waals surface area contributed by atoms with Crippen molar-refractivity contribution in [3.63, 3.8) is 0 Å². The van der Waals surface area contributed by atoms with Gasteiger partial charge >= 0.3 is 0 Å². The van der Waals surface area contributed by atoms with Crippen LogP contribution in [0, 0.1) is 6.92 Å². The van der Waals surface area contributed by atoms with E-state index in [1.807, 2.05) is 30.3 Å². The highest BCUT2D eigenvalue weighted by molar-refractivity contribution is 9.10. The average molecular weight is 451 g/mol. The zero-order chi connectivity index (χ0) is 20.4. The van der Waals surface area contributed by atoms with Crippen LogP contribution in [0.1, 0.15) is 40.9 Å². The molecule has 2 N–H and O–H groups in total. The van der Waals surface area contributed by atoms with Gasteiger partial charge in [-0.1, -0.05) is 57.9 Å². The molecule has 1 aliphatic rings. The summed E-state index contributed by atoms with van der Waals surface area (Å²) in [5.41, 5.74) is 5.17. The largest absolute Gasteiger partial charge is 0.508 e. The van der Waals surface area contributed by atoms with E-state index in [0.717, 1.165) is 32.6 Å². The van der Waals surface area contributed by atoms with E-state index in [9.17, 15) is 5.11 Å². The number of aliphatic imine (C=N–C) groups is 1. The van der Waals surface area contributed by atoms with E-state index in [4.69, 9.17) is 9.73 Å². The fourth-order valence-corrected chi connectivity index (χ4v) is 3.99. The van der Waals surface area contributed by atoms with Gasteiger partial charge in [-0.05, 0) is 48.4 Å². The number of ether oxygens (including phenoxy) is 1. The summed E-state index contributed by atoms with van der Waals surface area (Å²) in [6, 6.07) is 21.8. The highest BCUT2D eigenvalue weighted by atomic mass is 79.9. The summed E-state index contributed by atoms with van der Waals surface area (Å²) < 4.78 is 6.33. The fraction of sp³-hybridized carbons (Fsp3) is 0.208. The Bertz CT molecular complexity index is 1050. The Labute approximate surface area is 179 Å². The first kappa shape index (κ1) is 19.7. The molecule has 0 bridgehead atoms. The molecule has 148 valence electrons. The number of nitrogens with zero attached hydrogens (tertiary/aromatic N) is 1. The van der Waals surface area contributed by atoms with Crippen molar-refractivity contribution >= 4 is 21.6 Å². The predicted octanol–water partition coefficient (Wildman–Crippen LogP) is 5.69. The molecule has 2 atom stereocenters. The number of nitrogens with one attached hydrogen (secondary N) is 1. The third-order valence-corrected chi connectivity index (χ3v) is 5.70. The molecule has 1 heterocycles. The molecular weight excluding hydrogens is 428 g/mol. The van der Waals surface area contributed by atoms with Gasteiger partial charge in [0.1, 0.15) is 17.7 Å². The summed E-state index contributed by atoms with van der Waals surface area (Å²) in [6.07, 6.45) is 0.466. The lowest BCUT2D eigenvalue weighted by Crippen LogP contribution is -2.33. The van der Waals surface area contributed by atoms with E-state index in [1.54, 1.807) is 13.2 Å². The van der Waals surface area contributed by atoms with Crippen molar-refractivity contribution in [2.24, 2.45) is 4.99 Å². The molecule has 0 spiro atoms. The van der Waals surface area contributed by atoms with Crippen LogP contribution >= 0.6 is 15.9 Å². The van der Waals surface area contributed by atoms with Crippen LogP contribution in [0.5, 0.6) is 11.5 Å². The molecule has 5 heteroatoms. The van der Waals surface area contributed by atoms with Gasteiger partial charge in [-0.25, -0.2) is 0 Å². The zero-order valence-electron chi connectivity index (χ0n) is 16.4. The molecule has 3 aromatic rings. The monoisotopic (exact) mass is 450 g/mol. The molecule has 4 nitrogen and oxygen atoms in total. The van der Waals surface area contributed by atoms with Crippen molar-refractivity contribution in [2.75, 3.05) is 7.11 Å². The van der Waals surface area contributed by atoms with Crippen molar-refractivity contribution in [1.29, 1.82) is 0 Å². The Morgan fingerprint density at radius 2 is 1.86 bits per heavy atom. The summed E-state index contributed by atoms with van der Waals surface area (Å²) >= 11 is 3.52. The number of benzene rings is 3. The number of phenols is 1. The number of halogens is 1. The molecule has 29 heavy (non-hydrogen) atoms. The number of phenolic OH excluding ortho intramolecular Hbond substituents is 1. The molecule has 0 radical (unpaired) electrons. The van der Waals surface area contributed by atoms with Gasteiger partial charge in [-0.15, -0.1) is 0 Å². The highest BCUT2D eigenvalue weighted by Gasteiger charge is 2.28. The van der Waals surface area contributed by atoms with E-state index in [1.165, 1.54) is 5.56 Å². The molecule has 0 fully saturated rings. The Morgan fingerprint density at radius 1 is 1.07 bits per heavy atom. The molecular formula is C24H23BrN2O2. The van der Waals surface area contributed by atoms with E-state index < -0.39 is 0 Å². The van der Waals surface area contributed by atoms with Gasteiger partial charge in [0.25, 0.3) is 0 Å². The summed E-state index contributed by atoms with van der Waals surface area (Å²) in [5.74, 6) is 1.08. The number of hydrogen-bond acceptors (Lipinski definition) is 4. The van der Waals surface area contributed by atoms with Gasteiger partial charge in [0, 0.05) is 28.2 Å². The first-order valence-corrected chi connectivity index (χ1v) is 10.3. The minimum Gasteiger partial charge on any atom is -0.508 e. The average Bonchev–Trinajstić information content (AvgIpc) is 2.75. The van der Waals surface area contributed by atoms with Crippen LogP contribution in [0.2, 0.25) is 0 Å². The van der Waals surface area contributed by atoms with Gasteiger partial charge in [0.15, 0.2) is 0 Å². The normalized spacial score (nSPS) is 18.9. The number of aryl methyl sites for hydroxylation is 1. The van der Waals surface area contributed by atoms with Gasteiger partial charge in [0.2, 0.25) is 0 Å². The van der Waals surface area contributed by atoms with Crippen molar-refractivity contribution < 1.29 is 9.84 Å².